The van der Waals surface area contributed by atoms with Crippen LogP contribution in [0, 0.1) is 0 Å². The summed E-state index contributed by atoms with van der Waals surface area (Å²) in [6, 6.07) is 0. The molecule has 4 heavy (non-hydrogen) atoms. The van der Waals surface area contributed by atoms with Crippen molar-refractivity contribution in [2.24, 2.45) is 0 Å². The first-order valence-corrected chi connectivity index (χ1v) is 3.58. The Hall–Kier alpha value is 1.37. The molecular weight excluding hydrogens is 450 g/mol. The summed E-state index contributed by atoms with van der Waals surface area (Å²) >= 11 is 0.111. The minimum atomic E-state index is 0.0556. The van der Waals surface area contributed by atoms with Gasteiger partial charge in [-0.3, -0.25) is 0 Å². The molecule has 0 aliphatic carbocycles. The quantitative estimate of drug-likeness (QED) is 0.419. The molecule has 0 atom stereocenters. The molecule has 0 radical (unpaired) electrons. The van der Waals surface area contributed by atoms with Gasteiger partial charge in [0.05, 0.1) is 0 Å². The van der Waals surface area contributed by atoms with E-state index in [1.54, 1.807) is 0 Å². The van der Waals surface area contributed by atoms with E-state index < -0.39 is 0 Å². The monoisotopic (exact) mass is 452 g/mol. The third-order valence-corrected chi connectivity index (χ3v) is 0. The van der Waals surface area contributed by atoms with Gasteiger partial charge in [-0.05, 0) is 0 Å². The van der Waals surface area contributed by atoms with Crippen LogP contribution in [0.15, 0.2) is 0 Å². The molecule has 0 heterocycles. The van der Waals surface area contributed by atoms with E-state index >= 15 is 0 Å². The average Bonchev–Trinajstić information content (AvgIpc) is 1.50. The first-order valence-electron chi connectivity index (χ1n) is 0.408. The van der Waals surface area contributed by atoms with E-state index in [0.717, 1.165) is 0 Å². The van der Waals surface area contributed by atoms with Gasteiger partial charge in [-0.15, -0.1) is 0 Å². The van der Waals surface area contributed by atoms with Gasteiger partial charge in [-0.25, -0.2) is 0 Å². The molecule has 0 rings (SSSR count). The van der Waals surface area contributed by atoms with Crippen LogP contribution in [-0.4, -0.2) is 49.4 Å². The van der Waals surface area contributed by atoms with E-state index in [2.05, 4.69) is 0 Å². The predicted molar refractivity (Wildman–Crippen MR) is 15.7 cm³/mol. The Morgan fingerprint density at radius 1 is 0.750 bits per heavy atom. The Labute approximate surface area is 54.5 Å². The zero-order chi connectivity index (χ0) is 4.00. The minimum absolute atomic E-state index is 0.0556. The molecule has 0 N–H and O–H groups in total. The summed E-state index contributed by atoms with van der Waals surface area (Å²) in [4.78, 5) is 0. The van der Waals surface area contributed by atoms with Gasteiger partial charge in [0.15, 0.2) is 0 Å². The molecule has 0 fully saturated rings. The fraction of sp³-hybridized carbons (Fsp3) is 0. The Kier molecular flexibility index (Phi) is 59.8. The first-order chi connectivity index (χ1) is 2.00. The van der Waals surface area contributed by atoms with Gasteiger partial charge in [-0.1, -0.05) is 0 Å². The van der Waals surface area contributed by atoms with Gasteiger partial charge in [0.2, 0.25) is 0 Å². The molecule has 0 aromatic carbocycles. The molecule has 0 saturated carbocycles. The Morgan fingerprint density at radius 2 is 0.750 bits per heavy atom. The third-order valence-electron chi connectivity index (χ3n) is 0. The van der Waals surface area contributed by atoms with Gasteiger partial charge < -0.3 is 0 Å². The average molecular weight is 452 g/mol. The summed E-state index contributed by atoms with van der Waals surface area (Å²) in [7, 11) is 0. The third kappa shape index (κ3) is 10.1. The molecule has 0 spiro atoms. The van der Waals surface area contributed by atoms with Gasteiger partial charge in [-0.2, -0.15) is 0 Å². The molecule has 2 nitrogen and oxygen atoms in total. The maximum atomic E-state index is 8.39. The number of hydrogen-bond donors (Lipinski definition) is 0. The molecule has 0 amide bonds. The van der Waals surface area contributed by atoms with Crippen LogP contribution in [0.3, 0.4) is 0 Å². The molecule has 24 valence electrons. The van der Waals surface area contributed by atoms with Crippen LogP contribution in [0.2, 0.25) is 0 Å². The molecule has 4 heteroatoms. The molecule has 0 saturated heterocycles. The summed E-state index contributed by atoms with van der Waals surface area (Å²) < 4.78 is 16.8. The van der Waals surface area contributed by atoms with E-state index in [1.807, 2.05) is 0 Å². The van der Waals surface area contributed by atoms with Crippen molar-refractivity contribution in [3.8, 4) is 0 Å². The molecular formula is H2Bi2O2. The summed E-state index contributed by atoms with van der Waals surface area (Å²) in [6.07, 6.45) is 0. The topological polar surface area (TPSA) is 34.1 Å². The van der Waals surface area contributed by atoms with E-state index in [0.29, 0.717) is 0 Å². The van der Waals surface area contributed by atoms with Gasteiger partial charge >= 0.3 is 55.1 Å². The van der Waals surface area contributed by atoms with Crippen LogP contribution in [0.1, 0.15) is 0 Å². The van der Waals surface area contributed by atoms with Crippen LogP contribution < -0.4 is 0 Å². The fourth-order valence-corrected chi connectivity index (χ4v) is 0. The standard InChI is InChI=1S/2Bi.2O.2H. The van der Waals surface area contributed by atoms with Crippen LogP contribution >= 0.6 is 0 Å². The Balaban J connectivity index is 0. The second-order valence-corrected chi connectivity index (χ2v) is 0. The van der Waals surface area contributed by atoms with Crippen molar-refractivity contribution in [3.63, 3.8) is 0 Å². The zero-order valence-corrected chi connectivity index (χ0v) is 9.59. The zero-order valence-electron chi connectivity index (χ0n) is 1.82. The molecule has 0 aliphatic heterocycles. The van der Waals surface area contributed by atoms with Crippen molar-refractivity contribution < 1.29 is 5.63 Å². The van der Waals surface area contributed by atoms with E-state index in [-0.39, 0.29) is 49.4 Å². The second-order valence-electron chi connectivity index (χ2n) is 0. The number of rotatable bonds is 0. The predicted octanol–water partition coefficient (Wildman–Crippen LogP) is -1.53. The van der Waals surface area contributed by atoms with Crippen molar-refractivity contribution >= 4 is 49.4 Å². The fourth-order valence-electron chi connectivity index (χ4n) is 0. The Bertz CT molecular complexity index is 6.00. The maximum absolute atomic E-state index is 8.39. The summed E-state index contributed by atoms with van der Waals surface area (Å²) in [5.41, 5.74) is 0. The molecule has 0 unspecified atom stereocenters. The van der Waals surface area contributed by atoms with Crippen LogP contribution in [-0.2, 0) is 5.63 Å². The first kappa shape index (κ1) is 9.03. The summed E-state index contributed by atoms with van der Waals surface area (Å²) in [5, 5.41) is 0. The molecule has 0 aromatic rings. The van der Waals surface area contributed by atoms with Crippen LogP contribution in [0.25, 0.3) is 0 Å². The van der Waals surface area contributed by atoms with Crippen molar-refractivity contribution in [1.82, 2.24) is 0 Å². The molecule has 0 aliphatic rings. The van der Waals surface area contributed by atoms with Crippen molar-refractivity contribution in [1.29, 1.82) is 0 Å². The van der Waals surface area contributed by atoms with Gasteiger partial charge in [0.1, 0.15) is 0 Å². The Morgan fingerprint density at radius 3 is 0.750 bits per heavy atom. The number of hydrogen-bond acceptors (Lipinski definition) is 2. The second kappa shape index (κ2) is 26.5. The van der Waals surface area contributed by atoms with Crippen molar-refractivity contribution in [3.05, 3.63) is 0 Å². The van der Waals surface area contributed by atoms with Crippen molar-refractivity contribution in [2.75, 3.05) is 0 Å². The van der Waals surface area contributed by atoms with Crippen LogP contribution in [0.5, 0.6) is 0 Å². The summed E-state index contributed by atoms with van der Waals surface area (Å²) in [5.74, 6) is 0. The van der Waals surface area contributed by atoms with Gasteiger partial charge in [0, 0.05) is 0 Å². The van der Waals surface area contributed by atoms with Gasteiger partial charge in [0.25, 0.3) is 0 Å². The molecule has 0 bridgehead atoms. The molecule has 0 aromatic heterocycles. The van der Waals surface area contributed by atoms with E-state index in [4.69, 9.17) is 5.63 Å². The van der Waals surface area contributed by atoms with Crippen LogP contribution in [0.4, 0.5) is 0 Å². The SMILES string of the molecule is [O]=[BiH].[O]=[BiH]. The summed E-state index contributed by atoms with van der Waals surface area (Å²) in [6.45, 7) is 0. The van der Waals surface area contributed by atoms with Crippen molar-refractivity contribution in [2.45, 2.75) is 0 Å². The van der Waals surface area contributed by atoms with E-state index in [1.165, 1.54) is 0 Å². The normalized spacial score (nSPS) is 2.00. The van der Waals surface area contributed by atoms with E-state index in [9.17, 15) is 0 Å².